The van der Waals surface area contributed by atoms with Crippen LogP contribution < -0.4 is 5.32 Å². The first-order valence-corrected chi connectivity index (χ1v) is 8.83. The minimum absolute atomic E-state index is 0.0966. The summed E-state index contributed by atoms with van der Waals surface area (Å²) in [5.74, 6) is -1.36. The van der Waals surface area contributed by atoms with Crippen LogP contribution in [0.15, 0.2) is 18.2 Å². The lowest BCUT2D eigenvalue weighted by Crippen LogP contribution is -2.39. The van der Waals surface area contributed by atoms with Gasteiger partial charge in [0.1, 0.15) is 6.54 Å². The summed E-state index contributed by atoms with van der Waals surface area (Å²) >= 11 is 0. The molecule has 1 fully saturated rings. The molecule has 1 saturated carbocycles. The number of benzene rings is 1. The lowest BCUT2D eigenvalue weighted by Gasteiger charge is -2.23. The zero-order chi connectivity index (χ0) is 19.3. The summed E-state index contributed by atoms with van der Waals surface area (Å²) in [6.45, 7) is 4.29. The van der Waals surface area contributed by atoms with Crippen LogP contribution in [0.3, 0.4) is 0 Å². The van der Waals surface area contributed by atoms with Gasteiger partial charge in [0.05, 0.1) is 6.54 Å². The Morgan fingerprint density at radius 1 is 1.15 bits per heavy atom. The molecule has 1 aromatic carbocycles. The lowest BCUT2D eigenvalue weighted by atomic mass is 10.1. The number of carboxylic acid groups (broad SMARTS) is 1. The highest BCUT2D eigenvalue weighted by Crippen LogP contribution is 2.27. The van der Waals surface area contributed by atoms with Crippen molar-refractivity contribution >= 4 is 23.5 Å². The number of anilines is 1. The van der Waals surface area contributed by atoms with Crippen LogP contribution in [0.5, 0.6) is 0 Å². The number of carbonyl (C=O) groups excluding carboxylic acids is 2. The van der Waals surface area contributed by atoms with Gasteiger partial charge in [0, 0.05) is 31.7 Å². The van der Waals surface area contributed by atoms with E-state index in [-0.39, 0.29) is 31.3 Å². The zero-order valence-electron chi connectivity index (χ0n) is 15.6. The number of hydrogen-bond donors (Lipinski definition) is 2. The predicted octanol–water partition coefficient (Wildman–Crippen LogP) is 1.64. The molecular formula is C19H27N3O4. The van der Waals surface area contributed by atoms with Crippen LogP contribution in [-0.2, 0) is 14.4 Å². The van der Waals surface area contributed by atoms with Crippen molar-refractivity contribution in [2.24, 2.45) is 0 Å². The first kappa shape index (κ1) is 19.9. The van der Waals surface area contributed by atoms with Crippen molar-refractivity contribution in [1.29, 1.82) is 0 Å². The van der Waals surface area contributed by atoms with Crippen molar-refractivity contribution in [2.45, 2.75) is 39.2 Å². The topological polar surface area (TPSA) is 90.0 Å². The van der Waals surface area contributed by atoms with E-state index in [9.17, 15) is 14.4 Å². The summed E-state index contributed by atoms with van der Waals surface area (Å²) in [5, 5.41) is 11.7. The number of aliphatic carboxylic acids is 1. The number of para-hydroxylation sites is 1. The molecule has 1 aliphatic rings. The van der Waals surface area contributed by atoms with Crippen LogP contribution in [0.1, 0.15) is 30.4 Å². The van der Waals surface area contributed by atoms with Gasteiger partial charge in [-0.3, -0.25) is 19.3 Å². The molecule has 26 heavy (non-hydrogen) atoms. The molecule has 0 atom stereocenters. The third-order valence-corrected chi connectivity index (χ3v) is 4.57. The first-order chi connectivity index (χ1) is 12.3. The Hall–Kier alpha value is -2.41. The van der Waals surface area contributed by atoms with Gasteiger partial charge < -0.3 is 15.3 Å². The third kappa shape index (κ3) is 5.84. The average Bonchev–Trinajstić information content (AvgIpc) is 3.39. The van der Waals surface area contributed by atoms with E-state index in [1.807, 2.05) is 36.9 Å². The molecule has 7 heteroatoms. The molecule has 0 aliphatic heterocycles. The number of carboxylic acids is 1. The fourth-order valence-electron chi connectivity index (χ4n) is 2.93. The predicted molar refractivity (Wildman–Crippen MR) is 99.0 cm³/mol. The Labute approximate surface area is 154 Å². The Bertz CT molecular complexity index is 665. The molecule has 0 saturated heterocycles. The van der Waals surface area contributed by atoms with E-state index >= 15 is 0 Å². The van der Waals surface area contributed by atoms with Gasteiger partial charge in [0.25, 0.3) is 0 Å². The van der Waals surface area contributed by atoms with Crippen molar-refractivity contribution in [1.82, 2.24) is 9.80 Å². The second kappa shape index (κ2) is 8.80. The van der Waals surface area contributed by atoms with Gasteiger partial charge in [0.15, 0.2) is 0 Å². The van der Waals surface area contributed by atoms with Gasteiger partial charge in [-0.15, -0.1) is 0 Å². The van der Waals surface area contributed by atoms with E-state index in [4.69, 9.17) is 5.11 Å². The maximum Gasteiger partial charge on any atom is 0.323 e. The summed E-state index contributed by atoms with van der Waals surface area (Å²) in [5.41, 5.74) is 2.87. The van der Waals surface area contributed by atoms with Gasteiger partial charge in [-0.25, -0.2) is 0 Å². The van der Waals surface area contributed by atoms with E-state index in [2.05, 4.69) is 5.32 Å². The van der Waals surface area contributed by atoms with Gasteiger partial charge in [-0.2, -0.15) is 0 Å². The Kier molecular flexibility index (Phi) is 6.74. The monoisotopic (exact) mass is 361 g/mol. The number of carbonyl (C=O) groups is 3. The Morgan fingerprint density at radius 2 is 1.77 bits per heavy atom. The fourth-order valence-corrected chi connectivity index (χ4v) is 2.93. The number of aryl methyl sites for hydroxylation is 2. The summed E-state index contributed by atoms with van der Waals surface area (Å²) in [6, 6.07) is 6.20. The molecule has 0 spiro atoms. The second-order valence-electron chi connectivity index (χ2n) is 6.91. The smallest absolute Gasteiger partial charge is 0.323 e. The number of nitrogens with one attached hydrogen (secondary N) is 1. The van der Waals surface area contributed by atoms with Crippen LogP contribution in [0.2, 0.25) is 0 Å². The summed E-state index contributed by atoms with van der Waals surface area (Å²) < 4.78 is 0. The Balaban J connectivity index is 1.89. The standard InChI is InChI=1S/C19H27N3O4/c1-13-5-4-6-14(2)19(13)20-16(23)11-22(15-7-8-15)10-9-17(24)21(3)12-18(25)26/h4-6,15H,7-12H2,1-3H3,(H,20,23)(H,25,26). The van der Waals surface area contributed by atoms with Crippen LogP contribution >= 0.6 is 0 Å². The molecular weight excluding hydrogens is 334 g/mol. The molecule has 0 heterocycles. The van der Waals surface area contributed by atoms with E-state index in [0.29, 0.717) is 12.6 Å². The van der Waals surface area contributed by atoms with E-state index < -0.39 is 5.97 Å². The molecule has 1 aliphatic carbocycles. The summed E-state index contributed by atoms with van der Waals surface area (Å²) in [6.07, 6.45) is 2.25. The quantitative estimate of drug-likeness (QED) is 0.698. The van der Waals surface area contributed by atoms with Crippen LogP contribution in [0.25, 0.3) is 0 Å². The normalized spacial score (nSPS) is 13.5. The molecule has 0 bridgehead atoms. The van der Waals surface area contributed by atoms with Crippen LogP contribution in [0.4, 0.5) is 5.69 Å². The van der Waals surface area contributed by atoms with Crippen molar-refractivity contribution in [2.75, 3.05) is 32.0 Å². The highest BCUT2D eigenvalue weighted by molar-refractivity contribution is 5.93. The molecule has 2 rings (SSSR count). The van der Waals surface area contributed by atoms with Crippen LogP contribution in [0, 0.1) is 13.8 Å². The van der Waals surface area contributed by atoms with Gasteiger partial charge >= 0.3 is 5.97 Å². The maximum absolute atomic E-state index is 12.5. The van der Waals surface area contributed by atoms with Crippen molar-refractivity contribution < 1.29 is 19.5 Å². The van der Waals surface area contributed by atoms with Gasteiger partial charge in [-0.1, -0.05) is 18.2 Å². The zero-order valence-corrected chi connectivity index (χ0v) is 15.6. The number of likely N-dealkylation sites (N-methyl/N-ethyl adjacent to an activating group) is 1. The molecule has 0 radical (unpaired) electrons. The molecule has 7 nitrogen and oxygen atoms in total. The van der Waals surface area contributed by atoms with Gasteiger partial charge in [0.2, 0.25) is 11.8 Å². The number of rotatable bonds is 9. The van der Waals surface area contributed by atoms with E-state index in [0.717, 1.165) is 29.7 Å². The largest absolute Gasteiger partial charge is 0.480 e. The average molecular weight is 361 g/mol. The Morgan fingerprint density at radius 3 is 2.31 bits per heavy atom. The van der Waals surface area contributed by atoms with E-state index in [1.165, 1.54) is 11.9 Å². The minimum atomic E-state index is -1.03. The fraction of sp³-hybridized carbons (Fsp3) is 0.526. The van der Waals surface area contributed by atoms with Crippen molar-refractivity contribution in [3.8, 4) is 0 Å². The molecule has 1 aromatic rings. The summed E-state index contributed by atoms with van der Waals surface area (Å²) in [7, 11) is 1.48. The SMILES string of the molecule is Cc1cccc(C)c1NC(=O)CN(CCC(=O)N(C)CC(=O)O)C1CC1. The lowest BCUT2D eigenvalue weighted by molar-refractivity contribution is -0.143. The minimum Gasteiger partial charge on any atom is -0.480 e. The summed E-state index contributed by atoms with van der Waals surface area (Å²) in [4.78, 5) is 38.4. The highest BCUT2D eigenvalue weighted by Gasteiger charge is 2.30. The first-order valence-electron chi connectivity index (χ1n) is 8.83. The highest BCUT2D eigenvalue weighted by atomic mass is 16.4. The van der Waals surface area contributed by atoms with Crippen molar-refractivity contribution in [3.63, 3.8) is 0 Å². The maximum atomic E-state index is 12.5. The number of amides is 2. The van der Waals surface area contributed by atoms with Gasteiger partial charge in [-0.05, 0) is 37.8 Å². The molecule has 142 valence electrons. The number of hydrogen-bond acceptors (Lipinski definition) is 4. The number of nitrogens with zero attached hydrogens (tertiary/aromatic N) is 2. The molecule has 2 N–H and O–H groups in total. The molecule has 0 unspecified atom stereocenters. The van der Waals surface area contributed by atoms with E-state index in [1.54, 1.807) is 0 Å². The molecule has 0 aromatic heterocycles. The molecule has 2 amide bonds. The van der Waals surface area contributed by atoms with Crippen molar-refractivity contribution in [3.05, 3.63) is 29.3 Å². The third-order valence-electron chi connectivity index (χ3n) is 4.57. The second-order valence-corrected chi connectivity index (χ2v) is 6.91. The van der Waals surface area contributed by atoms with Crippen LogP contribution in [-0.4, -0.2) is 65.4 Å².